The third-order valence-electron chi connectivity index (χ3n) is 2.62. The number of anilines is 1. The Morgan fingerprint density at radius 3 is 2.89 bits per heavy atom. The molecule has 0 aliphatic carbocycles. The first-order valence-corrected chi connectivity index (χ1v) is 6.29. The highest BCUT2D eigenvalue weighted by Crippen LogP contribution is 2.18. The summed E-state index contributed by atoms with van der Waals surface area (Å²) in [5.74, 6) is 0.104. The van der Waals surface area contributed by atoms with Gasteiger partial charge in [0.1, 0.15) is 5.52 Å². The number of amides is 1. The lowest BCUT2D eigenvalue weighted by Crippen LogP contribution is -2.15. The van der Waals surface area contributed by atoms with Crippen LogP contribution in [0.4, 0.5) is 5.82 Å². The molecule has 7 heteroatoms. The van der Waals surface area contributed by atoms with Gasteiger partial charge in [0.05, 0.1) is 17.4 Å². The number of pyridine rings is 2. The standard InChI is InChI=1S/C12H9N5OS/c1-7-9(17-19-16-7)12(18)15-11-10-8(4-6-14-11)3-2-5-13-10/h2-6H,1H3,(H,14,15,18). The fourth-order valence-electron chi connectivity index (χ4n) is 1.70. The zero-order valence-electron chi connectivity index (χ0n) is 9.99. The van der Waals surface area contributed by atoms with Crippen molar-refractivity contribution in [2.45, 2.75) is 6.92 Å². The van der Waals surface area contributed by atoms with E-state index in [0.29, 0.717) is 22.7 Å². The van der Waals surface area contributed by atoms with E-state index in [9.17, 15) is 4.79 Å². The summed E-state index contributed by atoms with van der Waals surface area (Å²) in [6.07, 6.45) is 3.29. The van der Waals surface area contributed by atoms with E-state index in [4.69, 9.17) is 0 Å². The highest BCUT2D eigenvalue weighted by atomic mass is 32.1. The van der Waals surface area contributed by atoms with Crippen molar-refractivity contribution >= 4 is 34.4 Å². The Morgan fingerprint density at radius 1 is 1.21 bits per heavy atom. The lowest BCUT2D eigenvalue weighted by molar-refractivity contribution is 0.102. The van der Waals surface area contributed by atoms with Crippen molar-refractivity contribution in [3.8, 4) is 0 Å². The van der Waals surface area contributed by atoms with E-state index in [2.05, 4.69) is 24.0 Å². The van der Waals surface area contributed by atoms with E-state index in [1.165, 1.54) is 0 Å². The molecule has 0 radical (unpaired) electrons. The predicted octanol–water partition coefficient (Wildman–Crippen LogP) is 2.04. The molecule has 0 fully saturated rings. The number of aromatic nitrogens is 4. The summed E-state index contributed by atoms with van der Waals surface area (Å²) in [5, 5.41) is 3.64. The van der Waals surface area contributed by atoms with E-state index >= 15 is 0 Å². The van der Waals surface area contributed by atoms with Gasteiger partial charge in [0.15, 0.2) is 11.5 Å². The van der Waals surface area contributed by atoms with Gasteiger partial charge in [-0.25, -0.2) is 4.98 Å². The van der Waals surface area contributed by atoms with Crippen LogP contribution in [0.15, 0.2) is 30.6 Å². The number of carbonyl (C=O) groups is 1. The van der Waals surface area contributed by atoms with Crippen LogP contribution in [-0.2, 0) is 0 Å². The third-order valence-corrected chi connectivity index (χ3v) is 3.24. The minimum absolute atomic E-state index is 0.319. The monoisotopic (exact) mass is 271 g/mol. The van der Waals surface area contributed by atoms with Crippen LogP contribution >= 0.6 is 11.7 Å². The van der Waals surface area contributed by atoms with Crippen LogP contribution in [0.2, 0.25) is 0 Å². The molecule has 3 heterocycles. The highest BCUT2D eigenvalue weighted by Gasteiger charge is 2.15. The molecule has 1 amide bonds. The quantitative estimate of drug-likeness (QED) is 0.771. The van der Waals surface area contributed by atoms with E-state index in [0.717, 1.165) is 17.1 Å². The number of aryl methyl sites for hydroxylation is 1. The van der Waals surface area contributed by atoms with E-state index in [1.54, 1.807) is 19.3 Å². The highest BCUT2D eigenvalue weighted by molar-refractivity contribution is 6.99. The van der Waals surface area contributed by atoms with Crippen LogP contribution in [0.3, 0.4) is 0 Å². The maximum absolute atomic E-state index is 12.1. The Bertz CT molecular complexity index is 749. The first-order chi connectivity index (χ1) is 9.25. The van der Waals surface area contributed by atoms with Crippen LogP contribution in [0.1, 0.15) is 16.2 Å². The van der Waals surface area contributed by atoms with Crippen LogP contribution < -0.4 is 5.32 Å². The van der Waals surface area contributed by atoms with Crippen molar-refractivity contribution in [2.75, 3.05) is 5.32 Å². The van der Waals surface area contributed by atoms with Gasteiger partial charge in [0.2, 0.25) is 0 Å². The molecule has 0 unspecified atom stereocenters. The van der Waals surface area contributed by atoms with Gasteiger partial charge < -0.3 is 5.32 Å². The van der Waals surface area contributed by atoms with Crippen molar-refractivity contribution in [3.63, 3.8) is 0 Å². The largest absolute Gasteiger partial charge is 0.303 e. The summed E-state index contributed by atoms with van der Waals surface area (Å²) in [6.45, 7) is 1.74. The van der Waals surface area contributed by atoms with Crippen LogP contribution in [0, 0.1) is 6.92 Å². The number of fused-ring (bicyclic) bond motifs is 1. The van der Waals surface area contributed by atoms with Gasteiger partial charge in [0.25, 0.3) is 5.91 Å². The van der Waals surface area contributed by atoms with Gasteiger partial charge in [-0.3, -0.25) is 9.78 Å². The van der Waals surface area contributed by atoms with Gasteiger partial charge in [-0.1, -0.05) is 6.07 Å². The molecule has 0 spiro atoms. The van der Waals surface area contributed by atoms with Crippen LogP contribution in [0.5, 0.6) is 0 Å². The second-order valence-corrected chi connectivity index (χ2v) is 4.42. The van der Waals surface area contributed by atoms with E-state index in [1.807, 2.05) is 18.2 Å². The van der Waals surface area contributed by atoms with Crippen LogP contribution in [0.25, 0.3) is 10.9 Å². The molecule has 3 aromatic heterocycles. The van der Waals surface area contributed by atoms with Crippen LogP contribution in [-0.4, -0.2) is 24.6 Å². The number of hydrogen-bond acceptors (Lipinski definition) is 6. The lowest BCUT2D eigenvalue weighted by atomic mass is 10.2. The first-order valence-electron chi connectivity index (χ1n) is 5.56. The van der Waals surface area contributed by atoms with Crippen molar-refractivity contribution in [2.24, 2.45) is 0 Å². The molecule has 0 aliphatic heterocycles. The number of rotatable bonds is 2. The average Bonchev–Trinajstić information content (AvgIpc) is 2.85. The molecule has 0 saturated carbocycles. The van der Waals surface area contributed by atoms with Gasteiger partial charge in [-0.2, -0.15) is 8.75 Å². The van der Waals surface area contributed by atoms with Gasteiger partial charge in [0, 0.05) is 17.8 Å². The molecule has 94 valence electrons. The van der Waals surface area contributed by atoms with E-state index in [-0.39, 0.29) is 5.91 Å². The molecule has 0 aromatic carbocycles. The molecule has 3 aromatic rings. The molecule has 6 nitrogen and oxygen atoms in total. The van der Waals surface area contributed by atoms with Gasteiger partial charge in [-0.05, 0) is 19.1 Å². The summed E-state index contributed by atoms with van der Waals surface area (Å²) in [5.41, 5.74) is 1.58. The first kappa shape index (κ1) is 11.7. The summed E-state index contributed by atoms with van der Waals surface area (Å²) in [7, 11) is 0. The minimum Gasteiger partial charge on any atom is -0.303 e. The molecule has 3 rings (SSSR count). The van der Waals surface area contributed by atoms with E-state index < -0.39 is 0 Å². The topological polar surface area (TPSA) is 80.7 Å². The zero-order valence-corrected chi connectivity index (χ0v) is 10.8. The minimum atomic E-state index is -0.322. The Kier molecular flexibility index (Phi) is 2.88. The van der Waals surface area contributed by atoms with Crippen molar-refractivity contribution in [3.05, 3.63) is 42.0 Å². The second kappa shape index (κ2) is 4.69. The van der Waals surface area contributed by atoms with Crippen molar-refractivity contribution in [1.82, 2.24) is 18.7 Å². The summed E-state index contributed by atoms with van der Waals surface area (Å²) in [6, 6.07) is 5.59. The maximum Gasteiger partial charge on any atom is 0.278 e. The average molecular weight is 271 g/mol. The number of nitrogens with zero attached hydrogens (tertiary/aromatic N) is 4. The lowest BCUT2D eigenvalue weighted by Gasteiger charge is -2.05. The molecule has 0 atom stereocenters. The van der Waals surface area contributed by atoms with Gasteiger partial charge in [-0.15, -0.1) is 0 Å². The fourth-order valence-corrected chi connectivity index (χ4v) is 2.25. The zero-order chi connectivity index (χ0) is 13.2. The van der Waals surface area contributed by atoms with Gasteiger partial charge >= 0.3 is 0 Å². The van der Waals surface area contributed by atoms with Crippen molar-refractivity contribution in [1.29, 1.82) is 0 Å². The Hall–Kier alpha value is -2.41. The molecule has 0 aliphatic rings. The molecule has 1 N–H and O–H groups in total. The molecule has 0 saturated heterocycles. The smallest absolute Gasteiger partial charge is 0.278 e. The second-order valence-electron chi connectivity index (χ2n) is 3.89. The summed E-state index contributed by atoms with van der Waals surface area (Å²) < 4.78 is 7.94. The number of carbonyl (C=O) groups excluding carboxylic acids is 1. The molecule has 19 heavy (non-hydrogen) atoms. The summed E-state index contributed by atoms with van der Waals surface area (Å²) in [4.78, 5) is 20.4. The van der Waals surface area contributed by atoms with Crippen molar-refractivity contribution < 1.29 is 4.79 Å². The predicted molar refractivity (Wildman–Crippen MR) is 72.1 cm³/mol. The Balaban J connectivity index is 1.98. The Labute approximate surface area is 112 Å². The third kappa shape index (κ3) is 2.15. The fraction of sp³-hybridized carbons (Fsp3) is 0.0833. The maximum atomic E-state index is 12.1. The molecule has 0 bridgehead atoms. The molecular formula is C12H9N5OS. The molecular weight excluding hydrogens is 262 g/mol. The summed E-state index contributed by atoms with van der Waals surface area (Å²) >= 11 is 1.01. The SMILES string of the molecule is Cc1nsnc1C(=O)Nc1nccc2cccnc12. The number of hydrogen-bond donors (Lipinski definition) is 1. The Morgan fingerprint density at radius 2 is 2.11 bits per heavy atom. The number of nitrogens with one attached hydrogen (secondary N) is 1. The normalized spacial score (nSPS) is 10.6.